The molecule has 0 fully saturated rings. The van der Waals surface area contributed by atoms with E-state index in [2.05, 4.69) is 37.2 Å². The van der Waals surface area contributed by atoms with Crippen LogP contribution in [0.2, 0.25) is 0 Å². The van der Waals surface area contributed by atoms with E-state index in [-0.39, 0.29) is 12.3 Å². The molecule has 0 saturated carbocycles. The third kappa shape index (κ3) is 3.40. The Kier molecular flexibility index (Phi) is 4.35. The van der Waals surface area contributed by atoms with Crippen molar-refractivity contribution in [3.63, 3.8) is 0 Å². The molecule has 0 radical (unpaired) electrons. The lowest BCUT2D eigenvalue weighted by Crippen LogP contribution is -2.19. The van der Waals surface area contributed by atoms with Crippen molar-refractivity contribution in [2.75, 3.05) is 5.32 Å². The molecule has 1 aliphatic heterocycles. The molecule has 3 aromatic heterocycles. The maximum Gasteiger partial charge on any atom is 0.230 e. The summed E-state index contributed by atoms with van der Waals surface area (Å²) in [6, 6.07) is 14.0. The van der Waals surface area contributed by atoms with E-state index in [0.717, 1.165) is 47.9 Å². The standard InChI is InChI=1S/C22H22N6O/c1-15-19(28-11-3-2-4-20(28)24-15)12-22(29)25-18-8-5-16(6-9-18)17-7-10-21-26-23-14-27(21)13-17/h2-6,8-9,11,14,17H,7,10,12-13H2,1H3,(H,25,29)/t17-/m0/s1. The van der Waals surface area contributed by atoms with Gasteiger partial charge in [0.2, 0.25) is 5.91 Å². The minimum Gasteiger partial charge on any atom is -0.326 e. The number of rotatable bonds is 4. The van der Waals surface area contributed by atoms with Crippen LogP contribution in [0, 0.1) is 6.92 Å². The molecule has 0 saturated heterocycles. The summed E-state index contributed by atoms with van der Waals surface area (Å²) < 4.78 is 4.10. The van der Waals surface area contributed by atoms with Gasteiger partial charge in [0.05, 0.1) is 17.8 Å². The summed E-state index contributed by atoms with van der Waals surface area (Å²) in [7, 11) is 0. The van der Waals surface area contributed by atoms with Gasteiger partial charge in [0, 0.05) is 30.8 Å². The SMILES string of the molecule is Cc1nc2ccccn2c1CC(=O)Nc1ccc([C@H]2CCc3nncn3C2)cc1. The average Bonchev–Trinajstić information content (AvgIpc) is 3.32. The van der Waals surface area contributed by atoms with E-state index in [0.29, 0.717) is 5.92 Å². The second-order valence-corrected chi connectivity index (χ2v) is 7.55. The zero-order valence-electron chi connectivity index (χ0n) is 16.2. The highest BCUT2D eigenvalue weighted by Crippen LogP contribution is 2.28. The van der Waals surface area contributed by atoms with Crippen LogP contribution in [0.3, 0.4) is 0 Å². The number of nitrogens with one attached hydrogen (secondary N) is 1. The van der Waals surface area contributed by atoms with Gasteiger partial charge in [-0.05, 0) is 43.2 Å². The molecule has 7 heteroatoms. The van der Waals surface area contributed by atoms with Crippen LogP contribution in [-0.2, 0) is 24.2 Å². The third-order valence-electron chi connectivity index (χ3n) is 5.65. The molecule has 7 nitrogen and oxygen atoms in total. The maximum absolute atomic E-state index is 12.6. The highest BCUT2D eigenvalue weighted by molar-refractivity contribution is 5.92. The zero-order valence-corrected chi connectivity index (χ0v) is 16.2. The molecule has 0 aliphatic carbocycles. The number of carbonyl (C=O) groups excluding carboxylic acids is 1. The van der Waals surface area contributed by atoms with Crippen LogP contribution in [0.15, 0.2) is 55.0 Å². The van der Waals surface area contributed by atoms with Gasteiger partial charge < -0.3 is 14.3 Å². The molecular weight excluding hydrogens is 364 g/mol. The van der Waals surface area contributed by atoms with Gasteiger partial charge in [-0.3, -0.25) is 4.79 Å². The number of hydrogen-bond donors (Lipinski definition) is 1. The summed E-state index contributed by atoms with van der Waals surface area (Å²) in [5, 5.41) is 11.1. The number of amides is 1. The molecule has 146 valence electrons. The molecule has 1 amide bonds. The van der Waals surface area contributed by atoms with Crippen molar-refractivity contribution in [3.8, 4) is 0 Å². The van der Waals surface area contributed by atoms with Crippen LogP contribution in [-0.4, -0.2) is 30.1 Å². The fourth-order valence-corrected chi connectivity index (χ4v) is 4.10. The second-order valence-electron chi connectivity index (χ2n) is 7.55. The summed E-state index contributed by atoms with van der Waals surface area (Å²) in [4.78, 5) is 17.1. The van der Waals surface area contributed by atoms with Crippen LogP contribution < -0.4 is 5.32 Å². The number of hydrogen-bond acceptors (Lipinski definition) is 4. The van der Waals surface area contributed by atoms with Gasteiger partial charge in [-0.2, -0.15) is 0 Å². The maximum atomic E-state index is 12.6. The molecule has 4 aromatic rings. The Labute approximate surface area is 168 Å². The summed E-state index contributed by atoms with van der Waals surface area (Å²) in [5.74, 6) is 1.47. The van der Waals surface area contributed by atoms with E-state index in [9.17, 15) is 4.79 Å². The van der Waals surface area contributed by atoms with E-state index >= 15 is 0 Å². The Morgan fingerprint density at radius 2 is 2.07 bits per heavy atom. The average molecular weight is 386 g/mol. The van der Waals surface area contributed by atoms with E-state index in [4.69, 9.17) is 0 Å². The van der Waals surface area contributed by atoms with Gasteiger partial charge in [-0.25, -0.2) is 4.98 Å². The molecule has 1 N–H and O–H groups in total. The van der Waals surface area contributed by atoms with Crippen molar-refractivity contribution in [1.29, 1.82) is 0 Å². The minimum atomic E-state index is -0.0432. The Hall–Kier alpha value is -3.48. The van der Waals surface area contributed by atoms with E-state index in [1.54, 1.807) is 6.33 Å². The lowest BCUT2D eigenvalue weighted by atomic mass is 9.91. The van der Waals surface area contributed by atoms with Crippen molar-refractivity contribution >= 4 is 17.2 Å². The highest BCUT2D eigenvalue weighted by Gasteiger charge is 2.21. The van der Waals surface area contributed by atoms with Gasteiger partial charge in [0.15, 0.2) is 0 Å². The third-order valence-corrected chi connectivity index (χ3v) is 5.65. The number of imidazole rings is 1. The lowest BCUT2D eigenvalue weighted by Gasteiger charge is -2.23. The monoisotopic (exact) mass is 386 g/mol. The number of anilines is 1. The smallest absolute Gasteiger partial charge is 0.230 e. The van der Waals surface area contributed by atoms with Crippen molar-refractivity contribution in [1.82, 2.24) is 24.1 Å². The van der Waals surface area contributed by atoms with Gasteiger partial charge in [-0.1, -0.05) is 18.2 Å². The predicted octanol–water partition coefficient (Wildman–Crippen LogP) is 3.15. The Morgan fingerprint density at radius 1 is 1.21 bits per heavy atom. The molecule has 1 aliphatic rings. The minimum absolute atomic E-state index is 0.0432. The fourth-order valence-electron chi connectivity index (χ4n) is 4.10. The topological polar surface area (TPSA) is 77.1 Å². The van der Waals surface area contributed by atoms with Crippen LogP contribution in [0.5, 0.6) is 0 Å². The lowest BCUT2D eigenvalue weighted by molar-refractivity contribution is -0.115. The van der Waals surface area contributed by atoms with E-state index in [1.807, 2.05) is 47.9 Å². The molecular formula is C22H22N6O. The van der Waals surface area contributed by atoms with Crippen molar-refractivity contribution in [2.45, 2.75) is 38.6 Å². The van der Waals surface area contributed by atoms with Crippen LogP contribution in [0.1, 0.15) is 35.1 Å². The number of aromatic nitrogens is 5. The van der Waals surface area contributed by atoms with Crippen molar-refractivity contribution in [3.05, 3.63) is 77.8 Å². The van der Waals surface area contributed by atoms with Crippen LogP contribution in [0.25, 0.3) is 5.65 Å². The van der Waals surface area contributed by atoms with E-state index < -0.39 is 0 Å². The van der Waals surface area contributed by atoms with Crippen molar-refractivity contribution < 1.29 is 4.79 Å². The molecule has 0 spiro atoms. The van der Waals surface area contributed by atoms with Gasteiger partial charge in [0.25, 0.3) is 0 Å². The Morgan fingerprint density at radius 3 is 2.93 bits per heavy atom. The number of aryl methyl sites for hydroxylation is 2. The first-order valence-corrected chi connectivity index (χ1v) is 9.86. The summed E-state index contributed by atoms with van der Waals surface area (Å²) >= 11 is 0. The number of carbonyl (C=O) groups is 1. The summed E-state index contributed by atoms with van der Waals surface area (Å²) in [6.45, 7) is 2.84. The van der Waals surface area contributed by atoms with Gasteiger partial charge in [-0.15, -0.1) is 10.2 Å². The summed E-state index contributed by atoms with van der Waals surface area (Å²) in [6.07, 6.45) is 6.05. The van der Waals surface area contributed by atoms with Crippen LogP contribution in [0.4, 0.5) is 5.69 Å². The molecule has 4 heterocycles. The number of fused-ring (bicyclic) bond motifs is 2. The zero-order chi connectivity index (χ0) is 19.8. The number of pyridine rings is 1. The molecule has 0 unspecified atom stereocenters. The summed E-state index contributed by atoms with van der Waals surface area (Å²) in [5.41, 5.74) is 4.75. The normalized spacial score (nSPS) is 16.0. The Bertz CT molecular complexity index is 1170. The number of nitrogens with zero attached hydrogens (tertiary/aromatic N) is 5. The first-order valence-electron chi connectivity index (χ1n) is 9.86. The fraction of sp³-hybridized carbons (Fsp3) is 0.273. The molecule has 5 rings (SSSR count). The first-order chi connectivity index (χ1) is 14.2. The highest BCUT2D eigenvalue weighted by atomic mass is 16.1. The molecule has 1 aromatic carbocycles. The predicted molar refractivity (Wildman–Crippen MR) is 110 cm³/mol. The molecule has 29 heavy (non-hydrogen) atoms. The number of benzene rings is 1. The second kappa shape index (κ2) is 7.16. The largest absolute Gasteiger partial charge is 0.326 e. The van der Waals surface area contributed by atoms with Crippen LogP contribution >= 0.6 is 0 Å². The van der Waals surface area contributed by atoms with Gasteiger partial charge in [0.1, 0.15) is 17.8 Å². The molecule has 0 bridgehead atoms. The Balaban J connectivity index is 1.26. The quantitative estimate of drug-likeness (QED) is 0.585. The molecule has 1 atom stereocenters. The van der Waals surface area contributed by atoms with Crippen molar-refractivity contribution in [2.24, 2.45) is 0 Å². The van der Waals surface area contributed by atoms with E-state index in [1.165, 1.54) is 5.56 Å². The van der Waals surface area contributed by atoms with Gasteiger partial charge >= 0.3 is 0 Å². The first kappa shape index (κ1) is 17.6.